The standard InChI is InChI=1S/C25H29N5O3/c1-17(16-31)12-18-2-4-19(5-3-18)21-15-28-25(26)24(29-21)23(32)13-20-14-27-7-6-22(20)30-8-10-33-11-9-30/h2-7,14-15,17,31H,8-13,16H2,1H3,(H2,26,28)/t17-/m1/s1. The predicted octanol–water partition coefficient (Wildman–Crippen LogP) is 2.55. The maximum absolute atomic E-state index is 13.2. The number of ether oxygens (including phenoxy) is 1. The average molecular weight is 448 g/mol. The van der Waals surface area contributed by atoms with Gasteiger partial charge in [0.2, 0.25) is 0 Å². The molecule has 2 aromatic heterocycles. The van der Waals surface area contributed by atoms with Crippen molar-refractivity contribution in [3.63, 3.8) is 0 Å². The Labute approximate surface area is 193 Å². The Kier molecular flexibility index (Phi) is 7.26. The van der Waals surface area contributed by atoms with Crippen molar-refractivity contribution in [1.29, 1.82) is 0 Å². The molecule has 0 bridgehead atoms. The van der Waals surface area contributed by atoms with Crippen LogP contribution >= 0.6 is 0 Å². The molecule has 1 aliphatic heterocycles. The van der Waals surface area contributed by atoms with E-state index in [-0.39, 0.29) is 36.2 Å². The first-order chi connectivity index (χ1) is 16.0. The minimum Gasteiger partial charge on any atom is -0.396 e. The molecule has 0 spiro atoms. The normalized spacial score (nSPS) is 14.8. The summed E-state index contributed by atoms with van der Waals surface area (Å²) >= 11 is 0. The minimum atomic E-state index is -0.197. The number of ketones is 1. The molecule has 0 unspecified atom stereocenters. The molecule has 0 aliphatic carbocycles. The Hall–Kier alpha value is -3.36. The molecule has 1 atom stereocenters. The van der Waals surface area contributed by atoms with Crippen molar-refractivity contribution in [2.24, 2.45) is 5.92 Å². The summed E-state index contributed by atoms with van der Waals surface area (Å²) in [5.41, 5.74) is 10.6. The molecule has 0 saturated carbocycles. The summed E-state index contributed by atoms with van der Waals surface area (Å²) in [5, 5.41) is 9.26. The van der Waals surface area contributed by atoms with Crippen LogP contribution in [-0.4, -0.2) is 58.8 Å². The number of aliphatic hydroxyl groups is 1. The maximum Gasteiger partial charge on any atom is 0.189 e. The maximum atomic E-state index is 13.2. The Bertz CT molecular complexity index is 1100. The second-order valence-electron chi connectivity index (χ2n) is 8.38. The highest BCUT2D eigenvalue weighted by Gasteiger charge is 2.20. The van der Waals surface area contributed by atoms with E-state index in [1.165, 1.54) is 0 Å². The van der Waals surface area contributed by atoms with Gasteiger partial charge in [-0.15, -0.1) is 0 Å². The van der Waals surface area contributed by atoms with Crippen LogP contribution in [0.25, 0.3) is 11.3 Å². The summed E-state index contributed by atoms with van der Waals surface area (Å²) in [6.45, 7) is 5.03. The number of nitrogen functional groups attached to an aromatic ring is 1. The molecule has 1 fully saturated rings. The van der Waals surface area contributed by atoms with Crippen molar-refractivity contribution in [2.45, 2.75) is 19.8 Å². The van der Waals surface area contributed by atoms with Crippen molar-refractivity contribution in [1.82, 2.24) is 15.0 Å². The number of carbonyl (C=O) groups excluding carboxylic acids is 1. The number of carbonyl (C=O) groups is 1. The zero-order chi connectivity index (χ0) is 23.2. The van der Waals surface area contributed by atoms with E-state index in [9.17, 15) is 9.90 Å². The second kappa shape index (κ2) is 10.5. The van der Waals surface area contributed by atoms with Gasteiger partial charge in [-0.1, -0.05) is 31.2 Å². The molecular formula is C25H29N5O3. The van der Waals surface area contributed by atoms with E-state index in [1.54, 1.807) is 18.6 Å². The van der Waals surface area contributed by atoms with Crippen LogP contribution in [0.1, 0.15) is 28.5 Å². The molecule has 4 rings (SSSR count). The van der Waals surface area contributed by atoms with Crippen molar-refractivity contribution in [3.05, 3.63) is 65.7 Å². The summed E-state index contributed by atoms with van der Waals surface area (Å²) in [7, 11) is 0. The number of aliphatic hydroxyl groups excluding tert-OH is 1. The number of rotatable bonds is 8. The van der Waals surface area contributed by atoms with E-state index in [0.717, 1.165) is 41.9 Å². The summed E-state index contributed by atoms with van der Waals surface area (Å²) in [6.07, 6.45) is 5.98. The van der Waals surface area contributed by atoms with Gasteiger partial charge in [0.15, 0.2) is 11.6 Å². The Morgan fingerprint density at radius 2 is 1.94 bits per heavy atom. The van der Waals surface area contributed by atoms with Crippen LogP contribution in [0.5, 0.6) is 0 Å². The minimum absolute atomic E-state index is 0.119. The lowest BCUT2D eigenvalue weighted by Crippen LogP contribution is -2.37. The second-order valence-corrected chi connectivity index (χ2v) is 8.38. The number of hydrogen-bond donors (Lipinski definition) is 2. The molecule has 0 radical (unpaired) electrons. The summed E-state index contributed by atoms with van der Waals surface area (Å²) < 4.78 is 5.44. The van der Waals surface area contributed by atoms with Gasteiger partial charge in [0.25, 0.3) is 0 Å². The predicted molar refractivity (Wildman–Crippen MR) is 127 cm³/mol. The third-order valence-electron chi connectivity index (χ3n) is 5.79. The van der Waals surface area contributed by atoms with Crippen LogP contribution in [0.3, 0.4) is 0 Å². The SMILES string of the molecule is C[C@@H](CO)Cc1ccc(-c2cnc(N)c(C(=O)Cc3cnccc3N3CCOCC3)n2)cc1. The van der Waals surface area contributed by atoms with Crippen molar-refractivity contribution >= 4 is 17.3 Å². The number of anilines is 2. The van der Waals surface area contributed by atoms with Crippen LogP contribution in [0.2, 0.25) is 0 Å². The lowest BCUT2D eigenvalue weighted by atomic mass is 10.00. The molecular weight excluding hydrogens is 418 g/mol. The zero-order valence-corrected chi connectivity index (χ0v) is 18.8. The number of benzene rings is 1. The van der Waals surface area contributed by atoms with Gasteiger partial charge in [-0.3, -0.25) is 9.78 Å². The van der Waals surface area contributed by atoms with E-state index in [0.29, 0.717) is 18.9 Å². The number of pyridine rings is 1. The monoisotopic (exact) mass is 447 g/mol. The number of aromatic nitrogens is 3. The molecule has 1 saturated heterocycles. The van der Waals surface area contributed by atoms with Crippen molar-refractivity contribution < 1.29 is 14.6 Å². The largest absolute Gasteiger partial charge is 0.396 e. The topological polar surface area (TPSA) is 114 Å². The van der Waals surface area contributed by atoms with Crippen LogP contribution in [0, 0.1) is 5.92 Å². The highest BCUT2D eigenvalue weighted by atomic mass is 16.5. The number of hydrogen-bond acceptors (Lipinski definition) is 8. The van der Waals surface area contributed by atoms with Gasteiger partial charge in [0.1, 0.15) is 5.69 Å². The molecule has 3 aromatic rings. The lowest BCUT2D eigenvalue weighted by Gasteiger charge is -2.30. The quantitative estimate of drug-likeness (QED) is 0.507. The number of Topliss-reactive ketones (excluding diaryl/α,β-unsaturated/α-hetero) is 1. The first kappa shape index (κ1) is 22.8. The first-order valence-electron chi connectivity index (χ1n) is 11.2. The summed E-state index contributed by atoms with van der Waals surface area (Å²) in [6, 6.07) is 9.84. The van der Waals surface area contributed by atoms with Crippen LogP contribution in [0.4, 0.5) is 11.5 Å². The van der Waals surface area contributed by atoms with E-state index >= 15 is 0 Å². The molecule has 3 N–H and O–H groups in total. The third kappa shape index (κ3) is 5.53. The van der Waals surface area contributed by atoms with Gasteiger partial charge in [-0.25, -0.2) is 9.97 Å². The third-order valence-corrected chi connectivity index (χ3v) is 5.79. The lowest BCUT2D eigenvalue weighted by molar-refractivity contribution is 0.0988. The number of nitrogens with zero attached hydrogens (tertiary/aromatic N) is 4. The van der Waals surface area contributed by atoms with Crippen LogP contribution < -0.4 is 10.6 Å². The average Bonchev–Trinajstić information content (AvgIpc) is 2.85. The fourth-order valence-corrected chi connectivity index (χ4v) is 3.95. The number of nitrogens with two attached hydrogens (primary N) is 1. The zero-order valence-electron chi connectivity index (χ0n) is 18.8. The van der Waals surface area contributed by atoms with E-state index in [4.69, 9.17) is 10.5 Å². The van der Waals surface area contributed by atoms with Crippen LogP contribution in [-0.2, 0) is 17.6 Å². The van der Waals surface area contributed by atoms with E-state index in [2.05, 4.69) is 19.9 Å². The Morgan fingerprint density at radius 1 is 1.18 bits per heavy atom. The fourth-order valence-electron chi connectivity index (χ4n) is 3.95. The molecule has 33 heavy (non-hydrogen) atoms. The molecule has 8 heteroatoms. The van der Waals surface area contributed by atoms with Crippen molar-refractivity contribution in [3.8, 4) is 11.3 Å². The fraction of sp³-hybridized carbons (Fsp3) is 0.360. The molecule has 1 aromatic carbocycles. The van der Waals surface area contributed by atoms with Gasteiger partial charge in [0.05, 0.1) is 25.1 Å². The smallest absolute Gasteiger partial charge is 0.189 e. The molecule has 172 valence electrons. The number of morpholine rings is 1. The molecule has 3 heterocycles. The van der Waals surface area contributed by atoms with Gasteiger partial charge < -0.3 is 20.5 Å². The molecule has 0 amide bonds. The van der Waals surface area contributed by atoms with Gasteiger partial charge in [0, 0.05) is 55.3 Å². The van der Waals surface area contributed by atoms with E-state index in [1.807, 2.05) is 37.3 Å². The first-order valence-corrected chi connectivity index (χ1v) is 11.2. The molecule has 1 aliphatic rings. The highest BCUT2D eigenvalue weighted by molar-refractivity contribution is 6.00. The van der Waals surface area contributed by atoms with Gasteiger partial charge >= 0.3 is 0 Å². The molecule has 8 nitrogen and oxygen atoms in total. The van der Waals surface area contributed by atoms with Crippen LogP contribution in [0.15, 0.2) is 48.9 Å². The summed E-state index contributed by atoms with van der Waals surface area (Å²) in [4.78, 5) is 28.4. The summed E-state index contributed by atoms with van der Waals surface area (Å²) in [5.74, 6) is 0.123. The van der Waals surface area contributed by atoms with Gasteiger partial charge in [-0.05, 0) is 24.0 Å². The highest BCUT2D eigenvalue weighted by Crippen LogP contribution is 2.24. The Balaban J connectivity index is 1.54. The van der Waals surface area contributed by atoms with Crippen molar-refractivity contribution in [2.75, 3.05) is 43.5 Å². The Morgan fingerprint density at radius 3 is 2.67 bits per heavy atom. The van der Waals surface area contributed by atoms with Gasteiger partial charge in [-0.2, -0.15) is 0 Å². The van der Waals surface area contributed by atoms with E-state index < -0.39 is 0 Å².